The third-order valence-electron chi connectivity index (χ3n) is 5.72. The van der Waals surface area contributed by atoms with Crippen molar-refractivity contribution in [3.63, 3.8) is 0 Å². The first kappa shape index (κ1) is 16.0. The van der Waals surface area contributed by atoms with Gasteiger partial charge >= 0.3 is 5.97 Å². The maximum absolute atomic E-state index is 12.4. The maximum atomic E-state index is 12.4. The standard InChI is InChI=1S/C19H25NO3/c1-13-5-4-6-14(11-13)19(9-2-3-10-19)12-20-17(21)15-7-8-16(15)18(22)23/h4-6,11,15-16H,2-3,7-10,12H2,1H3,(H,20,21)(H,22,23). The van der Waals surface area contributed by atoms with Crippen molar-refractivity contribution < 1.29 is 14.7 Å². The predicted molar refractivity (Wildman–Crippen MR) is 88.2 cm³/mol. The van der Waals surface area contributed by atoms with Crippen LogP contribution in [0.5, 0.6) is 0 Å². The van der Waals surface area contributed by atoms with Crippen LogP contribution in [0.15, 0.2) is 24.3 Å². The smallest absolute Gasteiger partial charge is 0.307 e. The van der Waals surface area contributed by atoms with Crippen molar-refractivity contribution in [2.45, 2.75) is 50.9 Å². The van der Waals surface area contributed by atoms with Crippen LogP contribution in [0.2, 0.25) is 0 Å². The number of amides is 1. The molecule has 3 rings (SSSR count). The topological polar surface area (TPSA) is 66.4 Å². The molecule has 4 nitrogen and oxygen atoms in total. The Morgan fingerprint density at radius 1 is 1.22 bits per heavy atom. The molecule has 1 aromatic carbocycles. The SMILES string of the molecule is Cc1cccc(C2(CNC(=O)C3CCC3C(=O)O)CCCC2)c1. The van der Waals surface area contributed by atoms with E-state index >= 15 is 0 Å². The molecule has 124 valence electrons. The largest absolute Gasteiger partial charge is 0.481 e. The molecule has 0 aliphatic heterocycles. The summed E-state index contributed by atoms with van der Waals surface area (Å²) in [6.45, 7) is 2.72. The number of benzene rings is 1. The van der Waals surface area contributed by atoms with E-state index in [2.05, 4.69) is 36.5 Å². The van der Waals surface area contributed by atoms with Crippen molar-refractivity contribution in [1.29, 1.82) is 0 Å². The van der Waals surface area contributed by atoms with E-state index in [-0.39, 0.29) is 17.2 Å². The molecule has 4 heteroatoms. The number of aryl methyl sites for hydroxylation is 1. The van der Waals surface area contributed by atoms with E-state index in [1.165, 1.54) is 24.0 Å². The minimum absolute atomic E-state index is 0.0180. The molecule has 2 fully saturated rings. The van der Waals surface area contributed by atoms with E-state index in [0.29, 0.717) is 19.4 Å². The summed E-state index contributed by atoms with van der Waals surface area (Å²) < 4.78 is 0. The van der Waals surface area contributed by atoms with E-state index in [9.17, 15) is 9.59 Å². The third kappa shape index (κ3) is 3.12. The molecule has 0 aromatic heterocycles. The Bertz CT molecular complexity index is 604. The van der Waals surface area contributed by atoms with Crippen molar-refractivity contribution in [2.75, 3.05) is 6.54 Å². The molecule has 2 atom stereocenters. The van der Waals surface area contributed by atoms with Gasteiger partial charge in [-0.2, -0.15) is 0 Å². The fourth-order valence-corrected chi connectivity index (χ4v) is 4.09. The molecule has 0 saturated heterocycles. The molecule has 1 aromatic rings. The van der Waals surface area contributed by atoms with Gasteiger partial charge < -0.3 is 10.4 Å². The molecule has 2 aliphatic rings. The lowest BCUT2D eigenvalue weighted by Gasteiger charge is -2.35. The molecule has 0 bridgehead atoms. The molecule has 2 aliphatic carbocycles. The van der Waals surface area contributed by atoms with Crippen LogP contribution in [0.25, 0.3) is 0 Å². The Hall–Kier alpha value is -1.84. The van der Waals surface area contributed by atoms with Gasteiger partial charge in [0.25, 0.3) is 0 Å². The minimum Gasteiger partial charge on any atom is -0.481 e. The summed E-state index contributed by atoms with van der Waals surface area (Å²) in [6, 6.07) is 8.56. The van der Waals surface area contributed by atoms with Crippen LogP contribution in [-0.4, -0.2) is 23.5 Å². The molecule has 0 radical (unpaired) electrons. The van der Waals surface area contributed by atoms with Gasteiger partial charge in [0.15, 0.2) is 0 Å². The summed E-state index contributed by atoms with van der Waals surface area (Å²) in [5, 5.41) is 12.2. The molecule has 0 heterocycles. The van der Waals surface area contributed by atoms with E-state index in [1.54, 1.807) is 0 Å². The fraction of sp³-hybridized carbons (Fsp3) is 0.579. The lowest BCUT2D eigenvalue weighted by Crippen LogP contribution is -2.47. The van der Waals surface area contributed by atoms with Crippen LogP contribution in [0, 0.1) is 18.8 Å². The van der Waals surface area contributed by atoms with Gasteiger partial charge in [-0.3, -0.25) is 9.59 Å². The van der Waals surface area contributed by atoms with Crippen LogP contribution in [0.4, 0.5) is 0 Å². The minimum atomic E-state index is -0.842. The number of carboxylic acid groups (broad SMARTS) is 1. The van der Waals surface area contributed by atoms with Crippen molar-refractivity contribution in [1.82, 2.24) is 5.32 Å². The Labute approximate surface area is 137 Å². The van der Waals surface area contributed by atoms with Gasteiger partial charge in [0, 0.05) is 12.0 Å². The third-order valence-corrected chi connectivity index (χ3v) is 5.72. The second-order valence-corrected chi connectivity index (χ2v) is 7.20. The highest BCUT2D eigenvalue weighted by Gasteiger charge is 2.42. The van der Waals surface area contributed by atoms with Crippen LogP contribution in [0.1, 0.15) is 49.7 Å². The molecule has 2 N–H and O–H groups in total. The molecule has 2 unspecified atom stereocenters. The maximum Gasteiger partial charge on any atom is 0.307 e. The average molecular weight is 315 g/mol. The van der Waals surface area contributed by atoms with E-state index in [4.69, 9.17) is 5.11 Å². The van der Waals surface area contributed by atoms with E-state index in [1.807, 2.05) is 0 Å². The highest BCUT2D eigenvalue weighted by atomic mass is 16.4. The number of nitrogens with one attached hydrogen (secondary N) is 1. The van der Waals surface area contributed by atoms with Crippen LogP contribution in [-0.2, 0) is 15.0 Å². The average Bonchev–Trinajstić information content (AvgIpc) is 2.93. The zero-order valence-corrected chi connectivity index (χ0v) is 13.7. The number of hydrogen-bond donors (Lipinski definition) is 2. The zero-order chi connectivity index (χ0) is 16.4. The molecular formula is C19H25NO3. The summed E-state index contributed by atoms with van der Waals surface area (Å²) in [6.07, 6.45) is 5.86. The summed E-state index contributed by atoms with van der Waals surface area (Å²) in [4.78, 5) is 23.5. The monoisotopic (exact) mass is 315 g/mol. The Kier molecular flexibility index (Phi) is 4.42. The van der Waals surface area contributed by atoms with Gasteiger partial charge in [-0.1, -0.05) is 42.7 Å². The first-order valence-corrected chi connectivity index (χ1v) is 8.59. The van der Waals surface area contributed by atoms with Crippen molar-refractivity contribution >= 4 is 11.9 Å². The normalized spacial score (nSPS) is 25.6. The van der Waals surface area contributed by atoms with Gasteiger partial charge in [0.1, 0.15) is 0 Å². The number of aliphatic carboxylic acids is 1. The number of carboxylic acids is 1. The number of carbonyl (C=O) groups is 2. The van der Waals surface area contributed by atoms with Gasteiger partial charge in [-0.25, -0.2) is 0 Å². The van der Waals surface area contributed by atoms with Crippen LogP contribution < -0.4 is 5.32 Å². The van der Waals surface area contributed by atoms with E-state index < -0.39 is 11.9 Å². The van der Waals surface area contributed by atoms with Crippen LogP contribution >= 0.6 is 0 Å². The Balaban J connectivity index is 1.69. The first-order chi connectivity index (χ1) is 11.0. The zero-order valence-electron chi connectivity index (χ0n) is 13.7. The molecular weight excluding hydrogens is 290 g/mol. The summed E-state index contributed by atoms with van der Waals surface area (Å²) in [7, 11) is 0. The van der Waals surface area contributed by atoms with E-state index in [0.717, 1.165) is 12.8 Å². The molecule has 2 saturated carbocycles. The number of rotatable bonds is 5. The molecule has 23 heavy (non-hydrogen) atoms. The Morgan fingerprint density at radius 2 is 1.91 bits per heavy atom. The van der Waals surface area contributed by atoms with Gasteiger partial charge in [-0.15, -0.1) is 0 Å². The van der Waals surface area contributed by atoms with Gasteiger partial charge in [0.05, 0.1) is 11.8 Å². The highest BCUT2D eigenvalue weighted by molar-refractivity contribution is 5.86. The predicted octanol–water partition coefficient (Wildman–Crippen LogP) is 3.03. The first-order valence-electron chi connectivity index (χ1n) is 8.59. The van der Waals surface area contributed by atoms with Gasteiger partial charge in [0.2, 0.25) is 5.91 Å². The van der Waals surface area contributed by atoms with Crippen molar-refractivity contribution in [3.05, 3.63) is 35.4 Å². The summed E-state index contributed by atoms with van der Waals surface area (Å²) in [5.41, 5.74) is 2.56. The Morgan fingerprint density at radius 3 is 2.48 bits per heavy atom. The molecule has 1 amide bonds. The molecule has 0 spiro atoms. The summed E-state index contributed by atoms with van der Waals surface area (Å²) in [5.74, 6) is -1.76. The number of carbonyl (C=O) groups excluding carboxylic acids is 1. The highest BCUT2D eigenvalue weighted by Crippen LogP contribution is 2.41. The quantitative estimate of drug-likeness (QED) is 0.877. The fourth-order valence-electron chi connectivity index (χ4n) is 4.09. The van der Waals surface area contributed by atoms with Gasteiger partial charge in [-0.05, 0) is 38.2 Å². The van der Waals surface area contributed by atoms with Crippen molar-refractivity contribution in [2.24, 2.45) is 11.8 Å². The van der Waals surface area contributed by atoms with Crippen LogP contribution in [0.3, 0.4) is 0 Å². The lowest BCUT2D eigenvalue weighted by molar-refractivity contribution is -0.152. The summed E-state index contributed by atoms with van der Waals surface area (Å²) >= 11 is 0. The lowest BCUT2D eigenvalue weighted by atomic mass is 9.72. The van der Waals surface area contributed by atoms with Crippen molar-refractivity contribution in [3.8, 4) is 0 Å². The number of hydrogen-bond acceptors (Lipinski definition) is 2. The second-order valence-electron chi connectivity index (χ2n) is 7.20. The second kappa shape index (κ2) is 6.34.